The van der Waals surface area contributed by atoms with E-state index in [2.05, 4.69) is 13.8 Å². The third-order valence-electron chi connectivity index (χ3n) is 2.61. The van der Waals surface area contributed by atoms with Crippen LogP contribution in [0.3, 0.4) is 0 Å². The minimum Gasteiger partial charge on any atom is -0.490 e. The molecule has 0 radical (unpaired) electrons. The van der Waals surface area contributed by atoms with Crippen LogP contribution in [0.25, 0.3) is 0 Å². The van der Waals surface area contributed by atoms with E-state index in [4.69, 9.17) is 16.3 Å². The lowest BCUT2D eigenvalue weighted by atomic mass is 10.1. The highest BCUT2D eigenvalue weighted by molar-refractivity contribution is 6.30. The van der Waals surface area contributed by atoms with Gasteiger partial charge in [0, 0.05) is 5.02 Å². The standard InChI is InChI=1S/C14H19ClO2/c1-3-5-13(6-4-2)17-14-8-7-12(15)9-11(14)10-16/h7-10,13H,3-6H2,1-2H3. The number of hydrogen-bond donors (Lipinski definition) is 0. The fourth-order valence-electron chi connectivity index (χ4n) is 1.80. The van der Waals surface area contributed by atoms with Crippen molar-refractivity contribution in [1.82, 2.24) is 0 Å². The molecular weight excluding hydrogens is 236 g/mol. The van der Waals surface area contributed by atoms with Gasteiger partial charge >= 0.3 is 0 Å². The van der Waals surface area contributed by atoms with E-state index in [9.17, 15) is 4.79 Å². The lowest BCUT2D eigenvalue weighted by Gasteiger charge is -2.19. The van der Waals surface area contributed by atoms with Gasteiger partial charge in [0.1, 0.15) is 5.75 Å². The topological polar surface area (TPSA) is 26.3 Å². The summed E-state index contributed by atoms with van der Waals surface area (Å²) in [5.41, 5.74) is 0.523. The smallest absolute Gasteiger partial charge is 0.153 e. The maximum absolute atomic E-state index is 10.9. The van der Waals surface area contributed by atoms with Gasteiger partial charge in [-0.2, -0.15) is 0 Å². The molecule has 0 heterocycles. The van der Waals surface area contributed by atoms with Crippen LogP contribution in [-0.4, -0.2) is 12.4 Å². The Morgan fingerprint density at radius 3 is 2.47 bits per heavy atom. The van der Waals surface area contributed by atoms with E-state index in [1.54, 1.807) is 18.2 Å². The zero-order chi connectivity index (χ0) is 12.7. The maximum Gasteiger partial charge on any atom is 0.153 e. The van der Waals surface area contributed by atoms with Crippen LogP contribution < -0.4 is 4.74 Å². The molecule has 0 atom stereocenters. The molecule has 0 N–H and O–H groups in total. The molecule has 0 aliphatic rings. The largest absolute Gasteiger partial charge is 0.490 e. The Kier molecular flexibility index (Phi) is 6.06. The number of hydrogen-bond acceptors (Lipinski definition) is 2. The predicted molar refractivity (Wildman–Crippen MR) is 71.1 cm³/mol. The van der Waals surface area contributed by atoms with Gasteiger partial charge in [-0.1, -0.05) is 38.3 Å². The molecule has 0 spiro atoms. The Balaban J connectivity index is 2.80. The number of carbonyl (C=O) groups is 1. The van der Waals surface area contributed by atoms with Crippen LogP contribution in [0.15, 0.2) is 18.2 Å². The summed E-state index contributed by atoms with van der Waals surface area (Å²) >= 11 is 5.84. The monoisotopic (exact) mass is 254 g/mol. The molecule has 2 nitrogen and oxygen atoms in total. The van der Waals surface area contributed by atoms with Gasteiger partial charge < -0.3 is 4.74 Å². The Bertz CT molecular complexity index is 357. The number of rotatable bonds is 7. The summed E-state index contributed by atoms with van der Waals surface area (Å²) in [5.74, 6) is 0.635. The fraction of sp³-hybridized carbons (Fsp3) is 0.500. The normalized spacial score (nSPS) is 10.6. The predicted octanol–water partition coefficient (Wildman–Crippen LogP) is 4.50. The van der Waals surface area contributed by atoms with Gasteiger partial charge in [-0.3, -0.25) is 4.79 Å². The molecule has 0 aromatic heterocycles. The molecule has 1 rings (SSSR count). The van der Waals surface area contributed by atoms with Crippen LogP contribution in [0.2, 0.25) is 5.02 Å². The molecule has 1 aromatic carbocycles. The van der Waals surface area contributed by atoms with E-state index in [0.29, 0.717) is 16.3 Å². The van der Waals surface area contributed by atoms with Gasteiger partial charge in [0.2, 0.25) is 0 Å². The highest BCUT2D eigenvalue weighted by Gasteiger charge is 2.11. The molecule has 94 valence electrons. The molecule has 0 aliphatic carbocycles. The van der Waals surface area contributed by atoms with Gasteiger partial charge in [0.25, 0.3) is 0 Å². The first kappa shape index (κ1) is 14.0. The van der Waals surface area contributed by atoms with E-state index in [1.165, 1.54) is 0 Å². The number of ether oxygens (including phenoxy) is 1. The second-order valence-electron chi connectivity index (χ2n) is 4.12. The van der Waals surface area contributed by atoms with E-state index in [0.717, 1.165) is 32.0 Å². The van der Waals surface area contributed by atoms with Crippen molar-refractivity contribution in [2.45, 2.75) is 45.6 Å². The van der Waals surface area contributed by atoms with Crippen molar-refractivity contribution in [3.8, 4) is 5.75 Å². The van der Waals surface area contributed by atoms with Crippen LogP contribution in [0, 0.1) is 0 Å². The molecule has 0 saturated heterocycles. The molecule has 0 aliphatic heterocycles. The number of carbonyl (C=O) groups excluding carboxylic acids is 1. The molecule has 0 bridgehead atoms. The van der Waals surface area contributed by atoms with Crippen LogP contribution in [0.1, 0.15) is 49.9 Å². The van der Waals surface area contributed by atoms with E-state index in [1.807, 2.05) is 0 Å². The number of aldehydes is 1. The summed E-state index contributed by atoms with van der Waals surface area (Å²) < 4.78 is 5.88. The number of benzene rings is 1. The Morgan fingerprint density at radius 2 is 1.94 bits per heavy atom. The minimum absolute atomic E-state index is 0.185. The molecular formula is C14H19ClO2. The van der Waals surface area contributed by atoms with E-state index >= 15 is 0 Å². The quantitative estimate of drug-likeness (QED) is 0.670. The average Bonchev–Trinajstić information content (AvgIpc) is 2.32. The van der Waals surface area contributed by atoms with Crippen LogP contribution in [0.5, 0.6) is 5.75 Å². The third kappa shape index (κ3) is 4.39. The third-order valence-corrected chi connectivity index (χ3v) is 2.85. The lowest BCUT2D eigenvalue weighted by molar-refractivity contribution is 0.111. The minimum atomic E-state index is 0.185. The van der Waals surface area contributed by atoms with Crippen molar-refractivity contribution in [2.75, 3.05) is 0 Å². The van der Waals surface area contributed by atoms with Gasteiger partial charge in [-0.15, -0.1) is 0 Å². The zero-order valence-corrected chi connectivity index (χ0v) is 11.2. The maximum atomic E-state index is 10.9. The van der Waals surface area contributed by atoms with Crippen molar-refractivity contribution < 1.29 is 9.53 Å². The number of halogens is 1. The van der Waals surface area contributed by atoms with Crippen molar-refractivity contribution in [2.24, 2.45) is 0 Å². The first-order valence-corrected chi connectivity index (χ1v) is 6.50. The van der Waals surface area contributed by atoms with Gasteiger partial charge in [-0.25, -0.2) is 0 Å². The zero-order valence-electron chi connectivity index (χ0n) is 10.4. The van der Waals surface area contributed by atoms with Gasteiger partial charge in [0.05, 0.1) is 11.7 Å². The Hall–Kier alpha value is -1.02. The molecule has 0 amide bonds. The fourth-order valence-corrected chi connectivity index (χ4v) is 1.98. The van der Waals surface area contributed by atoms with Crippen LogP contribution in [-0.2, 0) is 0 Å². The van der Waals surface area contributed by atoms with Crippen LogP contribution >= 0.6 is 11.6 Å². The molecule has 3 heteroatoms. The molecule has 0 fully saturated rings. The summed E-state index contributed by atoms with van der Waals surface area (Å²) in [6.07, 6.45) is 5.15. The Morgan fingerprint density at radius 1 is 1.29 bits per heavy atom. The van der Waals surface area contributed by atoms with Gasteiger partial charge in [0.15, 0.2) is 6.29 Å². The van der Waals surface area contributed by atoms with Crippen molar-refractivity contribution in [3.05, 3.63) is 28.8 Å². The summed E-state index contributed by atoms with van der Waals surface area (Å²) in [7, 11) is 0. The molecule has 17 heavy (non-hydrogen) atoms. The summed E-state index contributed by atoms with van der Waals surface area (Å²) in [4.78, 5) is 10.9. The van der Waals surface area contributed by atoms with Crippen molar-refractivity contribution >= 4 is 17.9 Å². The molecule has 1 aromatic rings. The Labute approximate surface area is 108 Å². The first-order valence-electron chi connectivity index (χ1n) is 6.12. The molecule has 0 saturated carbocycles. The van der Waals surface area contributed by atoms with Gasteiger partial charge in [-0.05, 0) is 31.0 Å². The molecule has 0 unspecified atom stereocenters. The lowest BCUT2D eigenvalue weighted by Crippen LogP contribution is -2.16. The first-order chi connectivity index (χ1) is 8.21. The van der Waals surface area contributed by atoms with Crippen molar-refractivity contribution in [1.29, 1.82) is 0 Å². The second kappa shape index (κ2) is 7.33. The van der Waals surface area contributed by atoms with Crippen LogP contribution in [0.4, 0.5) is 0 Å². The summed E-state index contributed by atoms with van der Waals surface area (Å²) in [5, 5.41) is 0.557. The van der Waals surface area contributed by atoms with E-state index in [-0.39, 0.29) is 6.10 Å². The average molecular weight is 255 g/mol. The summed E-state index contributed by atoms with van der Waals surface area (Å²) in [6, 6.07) is 5.15. The second-order valence-corrected chi connectivity index (χ2v) is 4.55. The van der Waals surface area contributed by atoms with E-state index < -0.39 is 0 Å². The van der Waals surface area contributed by atoms with Crippen molar-refractivity contribution in [3.63, 3.8) is 0 Å². The SMILES string of the molecule is CCCC(CCC)Oc1ccc(Cl)cc1C=O. The highest BCUT2D eigenvalue weighted by atomic mass is 35.5. The summed E-state index contributed by atoms with van der Waals surface area (Å²) in [6.45, 7) is 4.27. The highest BCUT2D eigenvalue weighted by Crippen LogP contribution is 2.24.